The van der Waals surface area contributed by atoms with Crippen LogP contribution in [-0.4, -0.2) is 85.7 Å². The molecule has 0 amide bonds. The maximum atomic E-state index is 5.29. The van der Waals surface area contributed by atoms with E-state index >= 15 is 0 Å². The number of H-pyrrole nitrogens is 1. The van der Waals surface area contributed by atoms with Gasteiger partial charge in [-0.05, 0) is 44.7 Å². The van der Waals surface area contributed by atoms with Gasteiger partial charge in [-0.25, -0.2) is 4.99 Å². The summed E-state index contributed by atoms with van der Waals surface area (Å²) in [6, 6.07) is 7.31. The van der Waals surface area contributed by atoms with E-state index in [-0.39, 0.29) is 29.6 Å². The number of ether oxygens (including phenoxy) is 4. The zero-order valence-corrected chi connectivity index (χ0v) is 30.3. The van der Waals surface area contributed by atoms with E-state index in [1.54, 1.807) is 28.4 Å². The molecule has 0 unspecified atom stereocenters. The summed E-state index contributed by atoms with van der Waals surface area (Å²) in [5.41, 5.74) is 1.14. The van der Waals surface area contributed by atoms with Gasteiger partial charge in [-0.2, -0.15) is 5.32 Å². The number of rotatable bonds is 10. The first-order valence-corrected chi connectivity index (χ1v) is 18.2. The smallest absolute Gasteiger partial charge is 0.382 e. The summed E-state index contributed by atoms with van der Waals surface area (Å²) in [6.07, 6.45) is 13.1. The minimum Gasteiger partial charge on any atom is -0.382 e. The molecule has 0 spiro atoms. The van der Waals surface area contributed by atoms with Crippen LogP contribution in [0.2, 0.25) is 19.6 Å². The van der Waals surface area contributed by atoms with Crippen LogP contribution in [0.25, 0.3) is 5.32 Å². The summed E-state index contributed by atoms with van der Waals surface area (Å²) in [5.74, 6) is 1.94. The van der Waals surface area contributed by atoms with Crippen molar-refractivity contribution < 1.29 is 53.5 Å². The Hall–Kier alpha value is -0.523. The van der Waals surface area contributed by atoms with Gasteiger partial charge in [-0.15, -0.1) is 0 Å². The predicted octanol–water partition coefficient (Wildman–Crippen LogP) is 3.54. The topological polar surface area (TPSA) is 80.8 Å². The largest absolute Gasteiger partial charge is 1.00 e. The number of pyridine rings is 1. The van der Waals surface area contributed by atoms with Crippen molar-refractivity contribution in [2.24, 2.45) is 4.99 Å². The molecule has 0 saturated heterocycles. The van der Waals surface area contributed by atoms with Gasteiger partial charge in [0.05, 0.1) is 32.5 Å². The molecule has 226 valence electrons. The van der Waals surface area contributed by atoms with Crippen molar-refractivity contribution in [3.8, 4) is 0 Å². The Bertz CT molecular complexity index is 754. The van der Waals surface area contributed by atoms with Gasteiger partial charge in [0, 0.05) is 40.2 Å². The van der Waals surface area contributed by atoms with Crippen LogP contribution in [0, 0.1) is 6.92 Å². The summed E-state index contributed by atoms with van der Waals surface area (Å²) in [5, 5.41) is 5.11. The third-order valence-corrected chi connectivity index (χ3v) is 8.89. The Balaban J connectivity index is 0.000000985. The molecule has 3 rings (SSSR count). The third-order valence-electron chi connectivity index (χ3n) is 6.88. The molecule has 8 nitrogen and oxygen atoms in total. The fourth-order valence-corrected chi connectivity index (χ4v) is 7.01. The predicted molar refractivity (Wildman–Crippen MR) is 165 cm³/mol. The normalized spacial score (nSPS) is 16.6. The van der Waals surface area contributed by atoms with Gasteiger partial charge < -0.3 is 28.5 Å². The van der Waals surface area contributed by atoms with Crippen LogP contribution in [0.15, 0.2) is 23.2 Å². The van der Waals surface area contributed by atoms with Gasteiger partial charge >= 0.3 is 29.6 Å². The van der Waals surface area contributed by atoms with E-state index in [1.165, 1.54) is 64.2 Å². The van der Waals surface area contributed by atoms with Gasteiger partial charge in [-0.3, -0.25) is 0 Å². The van der Waals surface area contributed by atoms with Crippen LogP contribution in [-0.2, 0) is 18.9 Å². The first-order chi connectivity index (χ1) is 18.8. The van der Waals surface area contributed by atoms with Crippen LogP contribution in [0.4, 0.5) is 5.82 Å². The van der Waals surface area contributed by atoms with Gasteiger partial charge in [0.1, 0.15) is 5.82 Å². The van der Waals surface area contributed by atoms with Gasteiger partial charge in [0.2, 0.25) is 5.96 Å². The minimum atomic E-state index is -1.59. The quantitative estimate of drug-likeness (QED) is 0.181. The number of methoxy groups -OCH3 is 4. The monoisotopic (exact) mass is 589 g/mol. The summed E-state index contributed by atoms with van der Waals surface area (Å²) in [7, 11) is 5.01. The van der Waals surface area contributed by atoms with Crippen molar-refractivity contribution in [2.75, 3.05) is 54.9 Å². The Morgan fingerprint density at radius 1 is 0.825 bits per heavy atom. The number of hydrogen-bond acceptors (Lipinski definition) is 5. The maximum Gasteiger partial charge on any atom is 1.00 e. The molecule has 2 fully saturated rings. The third kappa shape index (κ3) is 17.4. The van der Waals surface area contributed by atoms with Crippen molar-refractivity contribution >= 4 is 20.0 Å². The Labute approximate surface area is 268 Å². The number of aliphatic imine (C=N–C) groups is 1. The van der Waals surface area contributed by atoms with E-state index in [1.807, 2.05) is 0 Å². The Morgan fingerprint density at radius 3 is 1.73 bits per heavy atom. The van der Waals surface area contributed by atoms with Crippen LogP contribution >= 0.6 is 0 Å². The molecule has 0 aromatic carbocycles. The van der Waals surface area contributed by atoms with Crippen molar-refractivity contribution in [3.63, 3.8) is 0 Å². The maximum absolute atomic E-state index is 5.29. The van der Waals surface area contributed by atoms with Crippen LogP contribution in [0.1, 0.15) is 69.9 Å². The fourth-order valence-electron chi connectivity index (χ4n) is 4.94. The molecule has 1 N–H and O–H groups in total. The second-order valence-electron chi connectivity index (χ2n) is 11.4. The molecule has 40 heavy (non-hydrogen) atoms. The molecule has 2 saturated carbocycles. The molecule has 1 heterocycles. The molecule has 0 atom stereocenters. The van der Waals surface area contributed by atoms with E-state index in [0.29, 0.717) is 38.5 Å². The fraction of sp³-hybridized carbons (Fsp3) is 0.800. The van der Waals surface area contributed by atoms with E-state index in [0.717, 1.165) is 17.5 Å². The molecule has 1 aromatic rings. The zero-order valence-electron chi connectivity index (χ0n) is 27.3. The van der Waals surface area contributed by atoms with Crippen molar-refractivity contribution in [1.29, 1.82) is 0 Å². The van der Waals surface area contributed by atoms with Crippen molar-refractivity contribution in [3.05, 3.63) is 29.2 Å². The Morgan fingerprint density at radius 2 is 1.30 bits per heavy atom. The molecule has 1 aromatic heterocycles. The number of aromatic amines is 1. The van der Waals surface area contributed by atoms with Crippen molar-refractivity contribution in [1.82, 2.24) is 4.57 Å². The first kappa shape index (κ1) is 39.5. The Kier molecular flexibility index (Phi) is 23.7. The number of nitrogens with zero attached hydrogens (tertiary/aromatic N) is 3. The van der Waals surface area contributed by atoms with E-state index in [4.69, 9.17) is 10.3 Å². The summed E-state index contributed by atoms with van der Waals surface area (Å²) < 4.78 is 21.3. The van der Waals surface area contributed by atoms with Crippen LogP contribution in [0.3, 0.4) is 0 Å². The zero-order chi connectivity index (χ0) is 28.9. The molecule has 0 radical (unpaired) electrons. The van der Waals surface area contributed by atoms with Crippen molar-refractivity contribution in [2.45, 2.75) is 103 Å². The van der Waals surface area contributed by atoms with Gasteiger partial charge in [0.25, 0.3) is 0 Å². The van der Waals surface area contributed by atoms with Gasteiger partial charge in [0.15, 0.2) is 8.24 Å². The summed E-state index contributed by atoms with van der Waals surface area (Å²) >= 11 is 0. The summed E-state index contributed by atoms with van der Waals surface area (Å²) in [6.45, 7) is 12.2. The SMILES string of the molecule is COCCOC.COCCOC.Cc1cccc([N-]C(=NC2CCCCC2)N(C2CCCCC2)[Si](C)(C)C)[nH+]1.[Na+]. The van der Waals surface area contributed by atoms with Crippen LogP contribution in [0.5, 0.6) is 0 Å². The molecule has 10 heteroatoms. The first-order valence-electron chi connectivity index (χ1n) is 14.8. The van der Waals surface area contributed by atoms with Crippen LogP contribution < -0.4 is 34.5 Å². The molecular weight excluding hydrogens is 531 g/mol. The molecule has 0 bridgehead atoms. The second-order valence-corrected chi connectivity index (χ2v) is 16.2. The number of guanidine groups is 1. The molecular formula is C30H58N4NaO4Si+. The average Bonchev–Trinajstić information content (AvgIpc) is 2.92. The molecule has 2 aliphatic rings. The standard InChI is InChI=1S/C22H37N4Si.2C4H10O2.Na/c1-18-12-11-17-21(23-18)25-22(24-19-13-7-5-8-14-19)26(27(2,3)4)20-15-9-6-10-16-20;2*1-5-3-4-6-2;/h11-12,17,19-20H,5-10,13-16H2,1-4H3;2*3-4H2,1-2H3;/q-1;;;+1/p+1. The molecule has 0 aliphatic heterocycles. The number of aromatic nitrogens is 1. The molecule has 2 aliphatic carbocycles. The average molecular weight is 590 g/mol. The number of nitrogens with one attached hydrogen (secondary N) is 1. The number of hydrogen-bond donors (Lipinski definition) is 0. The van der Waals surface area contributed by atoms with E-state index in [2.05, 4.69) is 73.3 Å². The minimum absolute atomic E-state index is 0. The van der Waals surface area contributed by atoms with Gasteiger partial charge in [-0.1, -0.05) is 64.2 Å². The van der Waals surface area contributed by atoms with E-state index < -0.39 is 8.24 Å². The van der Waals surface area contributed by atoms with E-state index in [9.17, 15) is 0 Å². The number of aryl methyl sites for hydroxylation is 1. The summed E-state index contributed by atoms with van der Waals surface area (Å²) in [4.78, 5) is 8.72. The second kappa shape index (κ2) is 24.0.